The molecule has 1 rings (SSSR count). The summed E-state index contributed by atoms with van der Waals surface area (Å²) in [5.74, 6) is 5.38. The summed E-state index contributed by atoms with van der Waals surface area (Å²) in [7, 11) is 0. The van der Waals surface area contributed by atoms with Crippen LogP contribution in [0.3, 0.4) is 0 Å². The zero-order valence-corrected chi connectivity index (χ0v) is 11.3. The number of halogens is 1. The molecule has 0 spiro atoms. The van der Waals surface area contributed by atoms with Crippen LogP contribution in [0.15, 0.2) is 24.3 Å². The molecule has 1 unspecified atom stereocenters. The third-order valence-electron chi connectivity index (χ3n) is 3.30. The van der Waals surface area contributed by atoms with Gasteiger partial charge in [0.05, 0.1) is 0 Å². The molecule has 0 bridgehead atoms. The Bertz CT molecular complexity index is 340. The number of hydrogen-bond acceptors (Lipinski definition) is 3. The Morgan fingerprint density at radius 2 is 2.06 bits per heavy atom. The lowest BCUT2D eigenvalue weighted by molar-refractivity contribution is 0.280. The number of nitrogens with zero attached hydrogens (tertiary/aromatic N) is 1. The standard InChI is InChI=1S/C14H24FN3/c1-3-18(4-2)9-8-14(17-16)11-12-6-5-7-13(15)10-12/h5-7,10,14,17H,3-4,8-9,11,16H2,1-2H3. The second kappa shape index (κ2) is 8.19. The minimum absolute atomic E-state index is 0.187. The molecule has 0 radical (unpaired) electrons. The fourth-order valence-corrected chi connectivity index (χ4v) is 2.07. The number of benzene rings is 1. The van der Waals surface area contributed by atoms with Crippen LogP contribution in [0.25, 0.3) is 0 Å². The van der Waals surface area contributed by atoms with E-state index in [-0.39, 0.29) is 11.9 Å². The second-order valence-corrected chi connectivity index (χ2v) is 4.51. The molecule has 0 saturated heterocycles. The summed E-state index contributed by atoms with van der Waals surface area (Å²) >= 11 is 0. The SMILES string of the molecule is CCN(CC)CCC(Cc1cccc(F)c1)NN. The first-order valence-corrected chi connectivity index (χ1v) is 6.62. The molecule has 0 heterocycles. The van der Waals surface area contributed by atoms with Crippen molar-refractivity contribution in [2.45, 2.75) is 32.7 Å². The van der Waals surface area contributed by atoms with Crippen LogP contribution < -0.4 is 11.3 Å². The Kier molecular flexibility index (Phi) is 6.86. The first-order valence-electron chi connectivity index (χ1n) is 6.62. The molecule has 3 nitrogen and oxygen atoms in total. The molecule has 4 heteroatoms. The maximum atomic E-state index is 13.1. The highest BCUT2D eigenvalue weighted by molar-refractivity contribution is 5.17. The van der Waals surface area contributed by atoms with E-state index in [2.05, 4.69) is 24.2 Å². The molecule has 0 aliphatic rings. The quantitative estimate of drug-likeness (QED) is 0.549. The highest BCUT2D eigenvalue weighted by Gasteiger charge is 2.10. The predicted octanol–water partition coefficient (Wildman–Crippen LogP) is 1.93. The van der Waals surface area contributed by atoms with E-state index < -0.39 is 0 Å². The molecule has 3 N–H and O–H groups in total. The van der Waals surface area contributed by atoms with Gasteiger partial charge in [0.15, 0.2) is 0 Å². The molecular formula is C14H24FN3. The maximum Gasteiger partial charge on any atom is 0.123 e. The molecule has 0 aliphatic carbocycles. The smallest absolute Gasteiger partial charge is 0.123 e. The fraction of sp³-hybridized carbons (Fsp3) is 0.571. The minimum Gasteiger partial charge on any atom is -0.304 e. The maximum absolute atomic E-state index is 13.1. The van der Waals surface area contributed by atoms with Gasteiger partial charge in [0.1, 0.15) is 5.82 Å². The van der Waals surface area contributed by atoms with Crippen molar-refractivity contribution in [1.29, 1.82) is 0 Å². The summed E-state index contributed by atoms with van der Waals surface area (Å²) in [6, 6.07) is 6.90. The van der Waals surface area contributed by atoms with Crippen molar-refractivity contribution >= 4 is 0 Å². The van der Waals surface area contributed by atoms with Gasteiger partial charge in [0.2, 0.25) is 0 Å². The van der Waals surface area contributed by atoms with Gasteiger partial charge in [0.25, 0.3) is 0 Å². The van der Waals surface area contributed by atoms with Crippen molar-refractivity contribution in [2.24, 2.45) is 5.84 Å². The number of nitrogens with one attached hydrogen (secondary N) is 1. The van der Waals surface area contributed by atoms with Crippen LogP contribution in [0.5, 0.6) is 0 Å². The molecular weight excluding hydrogens is 229 g/mol. The fourth-order valence-electron chi connectivity index (χ4n) is 2.07. The van der Waals surface area contributed by atoms with Gasteiger partial charge < -0.3 is 4.90 Å². The third kappa shape index (κ3) is 5.12. The monoisotopic (exact) mass is 253 g/mol. The van der Waals surface area contributed by atoms with Gasteiger partial charge in [-0.3, -0.25) is 11.3 Å². The van der Waals surface area contributed by atoms with Crippen molar-refractivity contribution in [3.63, 3.8) is 0 Å². The van der Waals surface area contributed by atoms with E-state index in [1.54, 1.807) is 12.1 Å². The predicted molar refractivity (Wildman–Crippen MR) is 73.6 cm³/mol. The highest BCUT2D eigenvalue weighted by Crippen LogP contribution is 2.08. The van der Waals surface area contributed by atoms with E-state index in [4.69, 9.17) is 5.84 Å². The summed E-state index contributed by atoms with van der Waals surface area (Å²) in [6.07, 6.45) is 1.73. The minimum atomic E-state index is -0.188. The lowest BCUT2D eigenvalue weighted by Crippen LogP contribution is -2.39. The summed E-state index contributed by atoms with van der Waals surface area (Å²) in [5.41, 5.74) is 3.81. The van der Waals surface area contributed by atoms with E-state index in [9.17, 15) is 4.39 Å². The molecule has 0 aliphatic heterocycles. The number of rotatable bonds is 8. The van der Waals surface area contributed by atoms with Gasteiger partial charge in [-0.25, -0.2) is 4.39 Å². The third-order valence-corrected chi connectivity index (χ3v) is 3.30. The first-order chi connectivity index (χ1) is 8.69. The zero-order chi connectivity index (χ0) is 13.4. The van der Waals surface area contributed by atoms with Gasteiger partial charge in [-0.2, -0.15) is 0 Å². The normalized spacial score (nSPS) is 12.9. The average molecular weight is 253 g/mol. The Labute approximate surface area is 109 Å². The number of hydrazine groups is 1. The lowest BCUT2D eigenvalue weighted by Gasteiger charge is -2.22. The van der Waals surface area contributed by atoms with Gasteiger partial charge in [-0.05, 0) is 50.2 Å². The summed E-state index contributed by atoms with van der Waals surface area (Å²) in [4.78, 5) is 2.36. The van der Waals surface area contributed by atoms with E-state index >= 15 is 0 Å². The Morgan fingerprint density at radius 1 is 1.33 bits per heavy atom. The van der Waals surface area contributed by atoms with Crippen LogP contribution >= 0.6 is 0 Å². The Morgan fingerprint density at radius 3 is 2.61 bits per heavy atom. The van der Waals surface area contributed by atoms with Crippen LogP contribution in [0, 0.1) is 5.82 Å². The molecule has 0 fully saturated rings. The van der Waals surface area contributed by atoms with Gasteiger partial charge in [0, 0.05) is 6.04 Å². The molecule has 1 aromatic carbocycles. The molecule has 1 aromatic rings. The van der Waals surface area contributed by atoms with Crippen molar-refractivity contribution in [3.8, 4) is 0 Å². The van der Waals surface area contributed by atoms with E-state index in [0.717, 1.165) is 38.0 Å². The molecule has 0 aromatic heterocycles. The van der Waals surface area contributed by atoms with Crippen LogP contribution in [-0.2, 0) is 6.42 Å². The summed E-state index contributed by atoms with van der Waals surface area (Å²) < 4.78 is 13.1. The lowest BCUT2D eigenvalue weighted by atomic mass is 10.0. The van der Waals surface area contributed by atoms with Crippen LogP contribution in [0.4, 0.5) is 4.39 Å². The number of hydrogen-bond donors (Lipinski definition) is 2. The zero-order valence-electron chi connectivity index (χ0n) is 11.3. The molecule has 18 heavy (non-hydrogen) atoms. The summed E-state index contributed by atoms with van der Waals surface area (Å²) in [6.45, 7) is 7.42. The van der Waals surface area contributed by atoms with Crippen molar-refractivity contribution in [2.75, 3.05) is 19.6 Å². The van der Waals surface area contributed by atoms with Crippen LogP contribution in [0.1, 0.15) is 25.8 Å². The van der Waals surface area contributed by atoms with Gasteiger partial charge in [-0.1, -0.05) is 26.0 Å². The Hall–Kier alpha value is -0.970. The second-order valence-electron chi connectivity index (χ2n) is 4.51. The van der Waals surface area contributed by atoms with E-state index in [1.807, 2.05) is 6.07 Å². The van der Waals surface area contributed by atoms with E-state index in [1.165, 1.54) is 6.07 Å². The average Bonchev–Trinajstić information content (AvgIpc) is 2.38. The van der Waals surface area contributed by atoms with E-state index in [0.29, 0.717) is 0 Å². The largest absolute Gasteiger partial charge is 0.304 e. The van der Waals surface area contributed by atoms with Crippen LogP contribution in [-0.4, -0.2) is 30.6 Å². The Balaban J connectivity index is 2.46. The molecule has 0 amide bonds. The van der Waals surface area contributed by atoms with Crippen LogP contribution in [0.2, 0.25) is 0 Å². The van der Waals surface area contributed by atoms with Crippen molar-refractivity contribution < 1.29 is 4.39 Å². The molecule has 0 saturated carbocycles. The van der Waals surface area contributed by atoms with Crippen molar-refractivity contribution in [3.05, 3.63) is 35.6 Å². The highest BCUT2D eigenvalue weighted by atomic mass is 19.1. The number of nitrogens with two attached hydrogens (primary N) is 1. The molecule has 1 atom stereocenters. The topological polar surface area (TPSA) is 41.3 Å². The first kappa shape index (κ1) is 15.1. The van der Waals surface area contributed by atoms with Gasteiger partial charge >= 0.3 is 0 Å². The summed E-state index contributed by atoms with van der Waals surface area (Å²) in [5, 5.41) is 0. The van der Waals surface area contributed by atoms with Crippen molar-refractivity contribution in [1.82, 2.24) is 10.3 Å². The molecule has 102 valence electrons. The van der Waals surface area contributed by atoms with Gasteiger partial charge in [-0.15, -0.1) is 0 Å².